The molecule has 0 fully saturated rings. The fourth-order valence-corrected chi connectivity index (χ4v) is 2.07. The lowest BCUT2D eigenvalue weighted by molar-refractivity contribution is 0.0526. The molecule has 0 spiro atoms. The monoisotopic (exact) mass is 321 g/mol. The smallest absolute Gasteiger partial charge is 0.251 e. The third-order valence-corrected chi connectivity index (χ3v) is 3.47. The van der Waals surface area contributed by atoms with Crippen molar-refractivity contribution in [3.05, 3.63) is 65.2 Å². The minimum absolute atomic E-state index is 0.0415. The van der Waals surface area contributed by atoms with Crippen molar-refractivity contribution in [2.75, 3.05) is 13.7 Å². The van der Waals surface area contributed by atoms with Crippen LogP contribution < -0.4 is 10.1 Å². The van der Waals surface area contributed by atoms with Crippen LogP contribution in [0.3, 0.4) is 0 Å². The number of carbonyl (C=O) groups excluding carboxylic acids is 1. The van der Waals surface area contributed by atoms with Crippen LogP contribution in [0.4, 0.5) is 8.78 Å². The highest BCUT2D eigenvalue weighted by Crippen LogP contribution is 2.21. The number of carbonyl (C=O) groups is 1. The van der Waals surface area contributed by atoms with Crippen molar-refractivity contribution in [2.24, 2.45) is 0 Å². The first-order chi connectivity index (χ1) is 10.8. The number of hydrogen-bond donors (Lipinski definition) is 2. The third-order valence-electron chi connectivity index (χ3n) is 3.47. The van der Waals surface area contributed by atoms with Crippen LogP contribution >= 0.6 is 0 Å². The topological polar surface area (TPSA) is 58.6 Å². The summed E-state index contributed by atoms with van der Waals surface area (Å²) >= 11 is 0. The SMILES string of the molecule is COc1ccc(C(=O)NCC(C)(O)c2ccc(F)cc2)cc1F. The molecule has 0 saturated carbocycles. The minimum Gasteiger partial charge on any atom is -0.494 e. The third kappa shape index (κ3) is 4.04. The lowest BCUT2D eigenvalue weighted by Crippen LogP contribution is -2.38. The largest absolute Gasteiger partial charge is 0.494 e. The predicted octanol–water partition coefficient (Wildman–Crippen LogP) is 2.61. The van der Waals surface area contributed by atoms with Crippen molar-refractivity contribution < 1.29 is 23.4 Å². The van der Waals surface area contributed by atoms with E-state index in [1.807, 2.05) is 0 Å². The molecule has 4 nitrogen and oxygen atoms in total. The molecule has 2 aromatic carbocycles. The molecule has 0 bridgehead atoms. The van der Waals surface area contributed by atoms with Gasteiger partial charge in [-0.2, -0.15) is 0 Å². The first kappa shape index (κ1) is 16.9. The maximum atomic E-state index is 13.6. The van der Waals surface area contributed by atoms with Gasteiger partial charge in [-0.15, -0.1) is 0 Å². The first-order valence-electron chi connectivity index (χ1n) is 6.93. The number of amides is 1. The standard InChI is InChI=1S/C17H17F2NO3/c1-17(22,12-4-6-13(18)7-5-12)10-20-16(21)11-3-8-15(23-2)14(19)9-11/h3-9,22H,10H2,1-2H3,(H,20,21). The number of ether oxygens (including phenoxy) is 1. The van der Waals surface area contributed by atoms with Crippen molar-refractivity contribution in [3.63, 3.8) is 0 Å². The van der Waals surface area contributed by atoms with Gasteiger partial charge in [-0.25, -0.2) is 8.78 Å². The Kier molecular flexibility index (Phi) is 4.95. The van der Waals surface area contributed by atoms with Gasteiger partial charge >= 0.3 is 0 Å². The molecule has 0 heterocycles. The van der Waals surface area contributed by atoms with Crippen LogP contribution in [0.15, 0.2) is 42.5 Å². The van der Waals surface area contributed by atoms with Crippen molar-refractivity contribution in [3.8, 4) is 5.75 Å². The van der Waals surface area contributed by atoms with E-state index >= 15 is 0 Å². The fraction of sp³-hybridized carbons (Fsp3) is 0.235. The van der Waals surface area contributed by atoms with Gasteiger partial charge in [0.25, 0.3) is 5.91 Å². The van der Waals surface area contributed by atoms with Gasteiger partial charge in [-0.05, 0) is 42.8 Å². The Hall–Kier alpha value is -2.47. The molecule has 2 N–H and O–H groups in total. The molecule has 122 valence electrons. The summed E-state index contributed by atoms with van der Waals surface area (Å²) in [5.74, 6) is -1.55. The average Bonchev–Trinajstić information content (AvgIpc) is 2.53. The Morgan fingerprint density at radius 1 is 1.22 bits per heavy atom. The molecular weight excluding hydrogens is 304 g/mol. The quantitative estimate of drug-likeness (QED) is 0.890. The Bertz CT molecular complexity index is 699. The van der Waals surface area contributed by atoms with Crippen molar-refractivity contribution in [1.29, 1.82) is 0 Å². The normalized spacial score (nSPS) is 13.3. The molecule has 2 aromatic rings. The molecule has 0 aliphatic carbocycles. The maximum Gasteiger partial charge on any atom is 0.251 e. The minimum atomic E-state index is -1.38. The van der Waals surface area contributed by atoms with Crippen molar-refractivity contribution in [1.82, 2.24) is 5.32 Å². The number of halogens is 2. The second-order valence-corrected chi connectivity index (χ2v) is 5.31. The second kappa shape index (κ2) is 6.75. The van der Waals surface area contributed by atoms with E-state index in [0.29, 0.717) is 5.56 Å². The lowest BCUT2D eigenvalue weighted by atomic mass is 9.96. The molecule has 1 atom stereocenters. The van der Waals surface area contributed by atoms with Crippen LogP contribution in [0.25, 0.3) is 0 Å². The number of methoxy groups -OCH3 is 1. The van der Waals surface area contributed by atoms with Gasteiger partial charge in [-0.1, -0.05) is 12.1 Å². The summed E-state index contributed by atoms with van der Waals surface area (Å²) < 4.78 is 31.3. The fourth-order valence-electron chi connectivity index (χ4n) is 2.07. The Balaban J connectivity index is 2.05. The average molecular weight is 321 g/mol. The number of nitrogens with one attached hydrogen (secondary N) is 1. The van der Waals surface area contributed by atoms with E-state index in [0.717, 1.165) is 6.07 Å². The highest BCUT2D eigenvalue weighted by atomic mass is 19.1. The van der Waals surface area contributed by atoms with Crippen LogP contribution in [-0.2, 0) is 5.60 Å². The van der Waals surface area contributed by atoms with Gasteiger partial charge in [-0.3, -0.25) is 4.79 Å². The number of benzene rings is 2. The molecule has 0 aliphatic rings. The summed E-state index contributed by atoms with van der Waals surface area (Å²) in [5.41, 5.74) is -0.813. The Morgan fingerprint density at radius 2 is 1.87 bits per heavy atom. The Morgan fingerprint density at radius 3 is 2.43 bits per heavy atom. The zero-order valence-electron chi connectivity index (χ0n) is 12.8. The molecule has 1 unspecified atom stereocenters. The van der Waals surface area contributed by atoms with E-state index in [1.165, 1.54) is 50.4 Å². The van der Waals surface area contributed by atoms with Gasteiger partial charge in [0, 0.05) is 5.56 Å². The van der Waals surface area contributed by atoms with Crippen LogP contribution in [0, 0.1) is 11.6 Å². The van der Waals surface area contributed by atoms with E-state index in [1.54, 1.807) is 0 Å². The van der Waals surface area contributed by atoms with E-state index in [2.05, 4.69) is 5.32 Å². The summed E-state index contributed by atoms with van der Waals surface area (Å²) in [6.07, 6.45) is 0. The molecule has 0 aliphatic heterocycles. The van der Waals surface area contributed by atoms with Gasteiger partial charge in [0.1, 0.15) is 11.4 Å². The molecule has 0 saturated heterocycles. The van der Waals surface area contributed by atoms with Gasteiger partial charge in [0.05, 0.1) is 13.7 Å². The zero-order chi connectivity index (χ0) is 17.0. The van der Waals surface area contributed by atoms with Gasteiger partial charge < -0.3 is 15.2 Å². The number of hydrogen-bond acceptors (Lipinski definition) is 3. The Labute approximate surface area is 132 Å². The molecule has 2 rings (SSSR count). The van der Waals surface area contributed by atoms with Crippen LogP contribution in [0.1, 0.15) is 22.8 Å². The van der Waals surface area contributed by atoms with Crippen molar-refractivity contribution in [2.45, 2.75) is 12.5 Å². The van der Waals surface area contributed by atoms with Crippen LogP contribution in [0.5, 0.6) is 5.75 Å². The first-order valence-corrected chi connectivity index (χ1v) is 6.93. The summed E-state index contributed by atoms with van der Waals surface area (Å²) in [4.78, 5) is 12.0. The van der Waals surface area contributed by atoms with Crippen molar-refractivity contribution >= 4 is 5.91 Å². The van der Waals surface area contributed by atoms with E-state index in [9.17, 15) is 18.7 Å². The predicted molar refractivity (Wildman–Crippen MR) is 81.3 cm³/mol. The molecule has 0 aromatic heterocycles. The van der Waals surface area contributed by atoms with E-state index < -0.39 is 23.1 Å². The summed E-state index contributed by atoms with van der Waals surface area (Å²) in [5, 5.41) is 12.9. The number of aliphatic hydroxyl groups is 1. The second-order valence-electron chi connectivity index (χ2n) is 5.31. The van der Waals surface area contributed by atoms with Gasteiger partial charge in [0.15, 0.2) is 11.6 Å². The summed E-state index contributed by atoms with van der Waals surface area (Å²) in [6, 6.07) is 9.16. The van der Waals surface area contributed by atoms with Gasteiger partial charge in [0.2, 0.25) is 0 Å². The van der Waals surface area contributed by atoms with Crippen LogP contribution in [-0.4, -0.2) is 24.7 Å². The van der Waals surface area contributed by atoms with E-state index in [4.69, 9.17) is 4.74 Å². The molecule has 6 heteroatoms. The molecule has 0 radical (unpaired) electrons. The maximum absolute atomic E-state index is 13.6. The molecule has 23 heavy (non-hydrogen) atoms. The van der Waals surface area contributed by atoms with Crippen LogP contribution in [0.2, 0.25) is 0 Å². The highest BCUT2D eigenvalue weighted by molar-refractivity contribution is 5.94. The lowest BCUT2D eigenvalue weighted by Gasteiger charge is -2.24. The summed E-state index contributed by atoms with van der Waals surface area (Å²) in [6.45, 7) is 1.39. The highest BCUT2D eigenvalue weighted by Gasteiger charge is 2.24. The molecule has 1 amide bonds. The zero-order valence-corrected chi connectivity index (χ0v) is 12.8. The summed E-state index contributed by atoms with van der Waals surface area (Å²) in [7, 11) is 1.33. The molecular formula is C17H17F2NO3. The number of rotatable bonds is 5. The van der Waals surface area contributed by atoms with E-state index in [-0.39, 0.29) is 17.9 Å².